The van der Waals surface area contributed by atoms with Crippen LogP contribution in [-0.4, -0.2) is 20.4 Å². The first-order valence-electron chi connectivity index (χ1n) is 3.51. The predicted molar refractivity (Wildman–Crippen MR) is 38.9 cm³/mol. The Morgan fingerprint density at radius 2 is 2.36 bits per heavy atom. The van der Waals surface area contributed by atoms with Crippen LogP contribution in [0.15, 0.2) is 6.33 Å². The van der Waals surface area contributed by atoms with Crippen molar-refractivity contribution < 1.29 is 5.21 Å². The first kappa shape index (κ1) is 8.16. The van der Waals surface area contributed by atoms with Gasteiger partial charge in [0, 0.05) is 0 Å². The number of nitrogens with one attached hydrogen (secondary N) is 2. The summed E-state index contributed by atoms with van der Waals surface area (Å²) >= 11 is 0. The van der Waals surface area contributed by atoms with Crippen LogP contribution in [0.25, 0.3) is 0 Å². The van der Waals surface area contributed by atoms with E-state index in [4.69, 9.17) is 5.21 Å². The van der Waals surface area contributed by atoms with Crippen molar-refractivity contribution in [1.29, 1.82) is 0 Å². The number of aromatic amines is 1. The molecule has 1 aromatic rings. The van der Waals surface area contributed by atoms with E-state index in [1.807, 2.05) is 13.8 Å². The van der Waals surface area contributed by atoms with E-state index in [9.17, 15) is 0 Å². The first-order valence-corrected chi connectivity index (χ1v) is 3.51. The molecule has 0 aliphatic heterocycles. The maximum atomic E-state index is 8.73. The molecule has 0 amide bonds. The second kappa shape index (κ2) is 3.45. The molecule has 0 radical (unpaired) electrons. The summed E-state index contributed by atoms with van der Waals surface area (Å²) in [6, 6.07) is -0.169. The Hall–Kier alpha value is -0.940. The summed E-state index contributed by atoms with van der Waals surface area (Å²) in [6.45, 7) is 3.97. The van der Waals surface area contributed by atoms with Crippen molar-refractivity contribution in [3.8, 4) is 0 Å². The quantitative estimate of drug-likeness (QED) is 0.556. The summed E-state index contributed by atoms with van der Waals surface area (Å²) < 4.78 is 0. The predicted octanol–water partition coefficient (Wildman–Crippen LogP) is 0.481. The molecule has 0 aliphatic carbocycles. The van der Waals surface area contributed by atoms with Crippen LogP contribution in [-0.2, 0) is 0 Å². The molecule has 3 N–H and O–H groups in total. The molecule has 5 heteroatoms. The highest BCUT2D eigenvalue weighted by Gasteiger charge is 2.16. The van der Waals surface area contributed by atoms with Crippen LogP contribution in [0.3, 0.4) is 0 Å². The van der Waals surface area contributed by atoms with Gasteiger partial charge in [0.15, 0.2) is 0 Å². The zero-order chi connectivity index (χ0) is 8.27. The number of hydroxylamine groups is 1. The van der Waals surface area contributed by atoms with Gasteiger partial charge < -0.3 is 10.2 Å². The minimum Gasteiger partial charge on any atom is -0.330 e. The lowest BCUT2D eigenvalue weighted by Gasteiger charge is -2.14. The zero-order valence-electron chi connectivity index (χ0n) is 6.57. The smallest absolute Gasteiger partial charge is 0.149 e. The second-order valence-electron chi connectivity index (χ2n) is 2.72. The molecule has 1 atom stereocenters. The van der Waals surface area contributed by atoms with Crippen molar-refractivity contribution in [2.24, 2.45) is 5.92 Å². The van der Waals surface area contributed by atoms with Gasteiger partial charge in [-0.1, -0.05) is 13.8 Å². The molecule has 0 saturated carbocycles. The summed E-state index contributed by atoms with van der Waals surface area (Å²) in [4.78, 5) is 2.82. The summed E-state index contributed by atoms with van der Waals surface area (Å²) in [5.41, 5.74) is 2.17. The number of hydrogen-bond acceptors (Lipinski definition) is 4. The normalized spacial score (nSPS) is 13.8. The molecular weight excluding hydrogens is 144 g/mol. The highest BCUT2D eigenvalue weighted by Crippen LogP contribution is 2.15. The van der Waals surface area contributed by atoms with Gasteiger partial charge in [-0.25, -0.2) is 0 Å². The molecule has 0 spiro atoms. The zero-order valence-corrected chi connectivity index (χ0v) is 6.57. The Morgan fingerprint density at radius 1 is 1.64 bits per heavy atom. The molecule has 0 fully saturated rings. The van der Waals surface area contributed by atoms with E-state index in [0.29, 0.717) is 5.82 Å². The third kappa shape index (κ3) is 1.75. The van der Waals surface area contributed by atoms with Crippen LogP contribution < -0.4 is 5.48 Å². The van der Waals surface area contributed by atoms with Crippen LogP contribution in [0.2, 0.25) is 0 Å². The standard InChI is InChI=1S/C6H12N4O/c1-4(2)5(10-11)6-7-3-8-9-6/h3-5,10-11H,1-2H3,(H,7,8,9). The van der Waals surface area contributed by atoms with Gasteiger partial charge in [-0.05, 0) is 5.92 Å². The van der Waals surface area contributed by atoms with Crippen molar-refractivity contribution >= 4 is 0 Å². The molecule has 1 rings (SSSR count). The maximum absolute atomic E-state index is 8.73. The largest absolute Gasteiger partial charge is 0.330 e. The third-order valence-electron chi connectivity index (χ3n) is 1.54. The molecule has 0 aromatic carbocycles. The SMILES string of the molecule is CC(C)C(NO)c1nnc[nH]1. The van der Waals surface area contributed by atoms with Crippen LogP contribution in [0.1, 0.15) is 25.7 Å². The minimum atomic E-state index is -0.169. The third-order valence-corrected chi connectivity index (χ3v) is 1.54. The van der Waals surface area contributed by atoms with E-state index in [1.165, 1.54) is 6.33 Å². The lowest BCUT2D eigenvalue weighted by Crippen LogP contribution is -2.23. The Balaban J connectivity index is 2.71. The minimum absolute atomic E-state index is 0.169. The molecule has 1 heterocycles. The van der Waals surface area contributed by atoms with Crippen molar-refractivity contribution in [3.05, 3.63) is 12.2 Å². The van der Waals surface area contributed by atoms with Crippen LogP contribution in [0.5, 0.6) is 0 Å². The van der Waals surface area contributed by atoms with Crippen LogP contribution in [0.4, 0.5) is 0 Å². The van der Waals surface area contributed by atoms with Crippen molar-refractivity contribution in [2.75, 3.05) is 0 Å². The highest BCUT2D eigenvalue weighted by molar-refractivity contribution is 4.90. The average Bonchev–Trinajstić information content (AvgIpc) is 2.40. The Bertz CT molecular complexity index is 196. The van der Waals surface area contributed by atoms with Gasteiger partial charge in [0.2, 0.25) is 0 Å². The summed E-state index contributed by atoms with van der Waals surface area (Å²) in [5, 5.41) is 16.1. The number of rotatable bonds is 3. The van der Waals surface area contributed by atoms with Crippen LogP contribution in [0, 0.1) is 5.92 Å². The van der Waals surface area contributed by atoms with E-state index >= 15 is 0 Å². The summed E-state index contributed by atoms with van der Waals surface area (Å²) in [6.07, 6.45) is 1.49. The Morgan fingerprint density at radius 3 is 2.73 bits per heavy atom. The second-order valence-corrected chi connectivity index (χ2v) is 2.72. The lowest BCUT2D eigenvalue weighted by molar-refractivity contribution is 0.101. The van der Waals surface area contributed by atoms with Crippen molar-refractivity contribution in [3.63, 3.8) is 0 Å². The molecule has 1 aromatic heterocycles. The number of aromatic nitrogens is 3. The van der Waals surface area contributed by atoms with E-state index < -0.39 is 0 Å². The number of H-pyrrole nitrogens is 1. The molecule has 5 nitrogen and oxygen atoms in total. The van der Waals surface area contributed by atoms with Gasteiger partial charge in [-0.2, -0.15) is 5.48 Å². The van der Waals surface area contributed by atoms with E-state index in [0.717, 1.165) is 0 Å². The van der Waals surface area contributed by atoms with Gasteiger partial charge >= 0.3 is 0 Å². The molecule has 62 valence electrons. The van der Waals surface area contributed by atoms with Gasteiger partial charge in [0.1, 0.15) is 12.2 Å². The molecular formula is C6H12N4O. The van der Waals surface area contributed by atoms with E-state index in [1.54, 1.807) is 0 Å². The molecule has 0 bridgehead atoms. The first-order chi connectivity index (χ1) is 5.25. The maximum Gasteiger partial charge on any atom is 0.149 e. The highest BCUT2D eigenvalue weighted by atomic mass is 16.5. The molecule has 0 aliphatic rings. The molecule has 1 unspecified atom stereocenters. The molecule has 11 heavy (non-hydrogen) atoms. The van der Waals surface area contributed by atoms with E-state index in [-0.39, 0.29) is 12.0 Å². The van der Waals surface area contributed by atoms with Crippen molar-refractivity contribution in [2.45, 2.75) is 19.9 Å². The average molecular weight is 156 g/mol. The van der Waals surface area contributed by atoms with Gasteiger partial charge in [0.25, 0.3) is 0 Å². The van der Waals surface area contributed by atoms with Crippen molar-refractivity contribution in [1.82, 2.24) is 20.7 Å². The number of hydrogen-bond donors (Lipinski definition) is 3. The molecule has 0 saturated heterocycles. The number of nitrogens with zero attached hydrogens (tertiary/aromatic N) is 2. The summed E-state index contributed by atoms with van der Waals surface area (Å²) in [5.74, 6) is 0.926. The van der Waals surface area contributed by atoms with Gasteiger partial charge in [-0.3, -0.25) is 0 Å². The summed E-state index contributed by atoms with van der Waals surface area (Å²) in [7, 11) is 0. The lowest BCUT2D eigenvalue weighted by atomic mass is 10.1. The van der Waals surface area contributed by atoms with E-state index in [2.05, 4.69) is 20.7 Å². The van der Waals surface area contributed by atoms with Crippen LogP contribution >= 0.6 is 0 Å². The van der Waals surface area contributed by atoms with Gasteiger partial charge in [-0.15, -0.1) is 10.2 Å². The topological polar surface area (TPSA) is 73.8 Å². The fraction of sp³-hybridized carbons (Fsp3) is 0.667. The Kier molecular flexibility index (Phi) is 2.56. The van der Waals surface area contributed by atoms with Gasteiger partial charge in [0.05, 0.1) is 6.04 Å². The fourth-order valence-corrected chi connectivity index (χ4v) is 0.893. The Labute approximate surface area is 64.8 Å². The fourth-order valence-electron chi connectivity index (χ4n) is 0.893. The monoisotopic (exact) mass is 156 g/mol.